The van der Waals surface area contributed by atoms with E-state index >= 15 is 0 Å². The fraction of sp³-hybridized carbons (Fsp3) is 0.438. The quantitative estimate of drug-likeness (QED) is 0.854. The van der Waals surface area contributed by atoms with Gasteiger partial charge in [-0.25, -0.2) is 13.2 Å². The number of aryl methyl sites for hydroxylation is 1. The van der Waals surface area contributed by atoms with Gasteiger partial charge in [0, 0.05) is 12.0 Å². The van der Waals surface area contributed by atoms with Gasteiger partial charge in [0.15, 0.2) is 9.84 Å². The molecule has 5 nitrogen and oxygen atoms in total. The number of hydrogen-bond acceptors (Lipinski definition) is 4. The molecule has 0 aromatic heterocycles. The lowest BCUT2D eigenvalue weighted by atomic mass is 10.2. The molecule has 1 aliphatic heterocycles. The molecule has 6 heteroatoms. The SMILES string of the molecule is CCOC(=O)N1CCC[C@H]1/C=C/S(=O)(=O)c1ccc(C)cc1. The Morgan fingerprint density at radius 2 is 2.05 bits per heavy atom. The van der Waals surface area contributed by atoms with Gasteiger partial charge in [0.1, 0.15) is 0 Å². The second-order valence-electron chi connectivity index (χ2n) is 5.29. The molecule has 2 rings (SSSR count). The minimum Gasteiger partial charge on any atom is -0.450 e. The summed E-state index contributed by atoms with van der Waals surface area (Å²) < 4.78 is 29.6. The summed E-state index contributed by atoms with van der Waals surface area (Å²) in [4.78, 5) is 13.6. The van der Waals surface area contributed by atoms with Crippen molar-refractivity contribution in [2.75, 3.05) is 13.2 Å². The summed E-state index contributed by atoms with van der Waals surface area (Å²) in [5.41, 5.74) is 1.01. The summed E-state index contributed by atoms with van der Waals surface area (Å²) in [7, 11) is -3.49. The Kier molecular flexibility index (Phi) is 5.24. The summed E-state index contributed by atoms with van der Waals surface area (Å²) in [6, 6.07) is 6.49. The first-order valence-corrected chi connectivity index (χ1v) is 8.92. The van der Waals surface area contributed by atoms with Gasteiger partial charge < -0.3 is 9.64 Å². The zero-order valence-electron chi connectivity index (χ0n) is 12.9. The molecule has 0 N–H and O–H groups in total. The maximum absolute atomic E-state index is 12.3. The lowest BCUT2D eigenvalue weighted by Crippen LogP contribution is -2.34. The fourth-order valence-electron chi connectivity index (χ4n) is 2.43. The molecular formula is C16H21NO4S. The van der Waals surface area contributed by atoms with Crippen molar-refractivity contribution < 1.29 is 17.9 Å². The molecule has 0 radical (unpaired) electrons. The number of hydrogen-bond donors (Lipinski definition) is 0. The van der Waals surface area contributed by atoms with E-state index in [1.54, 1.807) is 42.2 Å². The minimum absolute atomic E-state index is 0.223. The van der Waals surface area contributed by atoms with Crippen LogP contribution in [0.2, 0.25) is 0 Å². The number of amides is 1. The van der Waals surface area contributed by atoms with Crippen molar-refractivity contribution in [3.8, 4) is 0 Å². The largest absolute Gasteiger partial charge is 0.450 e. The van der Waals surface area contributed by atoms with Gasteiger partial charge in [-0.15, -0.1) is 0 Å². The van der Waals surface area contributed by atoms with E-state index in [-0.39, 0.29) is 17.0 Å². The first-order chi connectivity index (χ1) is 10.4. The highest BCUT2D eigenvalue weighted by atomic mass is 32.2. The lowest BCUT2D eigenvalue weighted by Gasteiger charge is -2.21. The van der Waals surface area contributed by atoms with E-state index in [9.17, 15) is 13.2 Å². The summed E-state index contributed by atoms with van der Waals surface area (Å²) in [5, 5.41) is 1.19. The average molecular weight is 323 g/mol. The van der Waals surface area contributed by atoms with Gasteiger partial charge in [-0.3, -0.25) is 0 Å². The van der Waals surface area contributed by atoms with Crippen molar-refractivity contribution in [1.82, 2.24) is 4.90 Å². The van der Waals surface area contributed by atoms with Crippen molar-refractivity contribution in [3.05, 3.63) is 41.3 Å². The van der Waals surface area contributed by atoms with Crippen LogP contribution in [0, 0.1) is 6.92 Å². The van der Waals surface area contributed by atoms with Crippen LogP contribution in [0.25, 0.3) is 0 Å². The predicted molar refractivity (Wildman–Crippen MR) is 84.3 cm³/mol. The van der Waals surface area contributed by atoms with E-state index in [0.29, 0.717) is 13.2 Å². The van der Waals surface area contributed by atoms with Crippen LogP contribution in [-0.4, -0.2) is 38.6 Å². The molecular weight excluding hydrogens is 302 g/mol. The van der Waals surface area contributed by atoms with Crippen LogP contribution in [-0.2, 0) is 14.6 Å². The van der Waals surface area contributed by atoms with Crippen LogP contribution >= 0.6 is 0 Å². The number of nitrogens with zero attached hydrogens (tertiary/aromatic N) is 1. The molecule has 1 atom stereocenters. The molecule has 1 amide bonds. The molecule has 1 heterocycles. The molecule has 1 aromatic rings. The third kappa shape index (κ3) is 3.88. The van der Waals surface area contributed by atoms with Gasteiger partial charge >= 0.3 is 6.09 Å². The van der Waals surface area contributed by atoms with Gasteiger partial charge in [-0.1, -0.05) is 23.8 Å². The van der Waals surface area contributed by atoms with E-state index in [0.717, 1.165) is 18.4 Å². The van der Waals surface area contributed by atoms with E-state index < -0.39 is 9.84 Å². The van der Waals surface area contributed by atoms with E-state index in [4.69, 9.17) is 4.74 Å². The Balaban J connectivity index is 2.12. The van der Waals surface area contributed by atoms with Crippen LogP contribution in [0.15, 0.2) is 40.6 Å². The third-order valence-electron chi connectivity index (χ3n) is 3.63. The number of carbonyl (C=O) groups is 1. The minimum atomic E-state index is -3.49. The Morgan fingerprint density at radius 3 is 2.68 bits per heavy atom. The Hall–Kier alpha value is -1.82. The standard InChI is InChI=1S/C16H21NO4S/c1-3-21-16(18)17-11-4-5-14(17)10-12-22(19,20)15-8-6-13(2)7-9-15/h6-10,12,14H,3-5,11H2,1-2H3/b12-10+/t14-/m0/s1. The Morgan fingerprint density at radius 1 is 1.36 bits per heavy atom. The normalized spacial score (nSPS) is 18.8. The van der Waals surface area contributed by atoms with Gasteiger partial charge in [-0.2, -0.15) is 0 Å². The second-order valence-corrected chi connectivity index (χ2v) is 7.12. The highest BCUT2D eigenvalue weighted by molar-refractivity contribution is 7.94. The van der Waals surface area contributed by atoms with Crippen LogP contribution in [0.5, 0.6) is 0 Å². The first kappa shape index (κ1) is 16.5. The lowest BCUT2D eigenvalue weighted by molar-refractivity contribution is 0.108. The number of benzene rings is 1. The van der Waals surface area contributed by atoms with Crippen LogP contribution in [0.1, 0.15) is 25.3 Å². The monoisotopic (exact) mass is 323 g/mol. The first-order valence-electron chi connectivity index (χ1n) is 7.37. The van der Waals surface area contributed by atoms with Crippen LogP contribution < -0.4 is 0 Å². The molecule has 0 aliphatic carbocycles. The third-order valence-corrected chi connectivity index (χ3v) is 5.08. The summed E-state index contributed by atoms with van der Waals surface area (Å²) in [6.45, 7) is 4.56. The molecule has 0 saturated carbocycles. The summed E-state index contributed by atoms with van der Waals surface area (Å²) in [6.07, 6.45) is 2.79. The van der Waals surface area contributed by atoms with Gasteiger partial charge in [0.2, 0.25) is 0 Å². The van der Waals surface area contributed by atoms with Gasteiger partial charge in [0.05, 0.1) is 17.5 Å². The maximum atomic E-state index is 12.3. The fourth-order valence-corrected chi connectivity index (χ4v) is 3.49. The molecule has 1 saturated heterocycles. The number of ether oxygens (including phenoxy) is 1. The maximum Gasteiger partial charge on any atom is 0.410 e. The molecule has 1 aromatic carbocycles. The molecule has 0 bridgehead atoms. The molecule has 1 aliphatic rings. The summed E-state index contributed by atoms with van der Waals surface area (Å²) in [5.74, 6) is 0. The highest BCUT2D eigenvalue weighted by Gasteiger charge is 2.28. The van der Waals surface area contributed by atoms with Crippen molar-refractivity contribution in [2.45, 2.75) is 37.6 Å². The zero-order valence-corrected chi connectivity index (χ0v) is 13.7. The van der Waals surface area contributed by atoms with Crippen molar-refractivity contribution in [1.29, 1.82) is 0 Å². The molecule has 120 valence electrons. The highest BCUT2D eigenvalue weighted by Crippen LogP contribution is 2.21. The van der Waals surface area contributed by atoms with E-state index in [2.05, 4.69) is 0 Å². The topological polar surface area (TPSA) is 63.7 Å². The Labute approximate surface area is 131 Å². The van der Waals surface area contributed by atoms with Crippen molar-refractivity contribution >= 4 is 15.9 Å². The summed E-state index contributed by atoms with van der Waals surface area (Å²) >= 11 is 0. The van der Waals surface area contributed by atoms with Crippen molar-refractivity contribution in [2.24, 2.45) is 0 Å². The van der Waals surface area contributed by atoms with Crippen LogP contribution in [0.4, 0.5) is 4.79 Å². The van der Waals surface area contributed by atoms with Crippen molar-refractivity contribution in [3.63, 3.8) is 0 Å². The molecule has 1 fully saturated rings. The number of rotatable bonds is 4. The zero-order chi connectivity index (χ0) is 16.2. The van der Waals surface area contributed by atoms with Gasteiger partial charge in [0.25, 0.3) is 0 Å². The molecule has 0 spiro atoms. The number of likely N-dealkylation sites (tertiary alicyclic amines) is 1. The average Bonchev–Trinajstić information content (AvgIpc) is 2.94. The van der Waals surface area contributed by atoms with Crippen LogP contribution in [0.3, 0.4) is 0 Å². The number of carbonyl (C=O) groups excluding carboxylic acids is 1. The molecule has 0 unspecified atom stereocenters. The van der Waals surface area contributed by atoms with E-state index in [1.165, 1.54) is 5.41 Å². The van der Waals surface area contributed by atoms with E-state index in [1.807, 2.05) is 6.92 Å². The molecule has 22 heavy (non-hydrogen) atoms. The Bertz CT molecular complexity index is 649. The smallest absolute Gasteiger partial charge is 0.410 e. The predicted octanol–water partition coefficient (Wildman–Crippen LogP) is 2.90. The van der Waals surface area contributed by atoms with Gasteiger partial charge in [-0.05, 0) is 38.8 Å². The second kappa shape index (κ2) is 6.96. The number of sulfone groups is 1.